The smallest absolute Gasteiger partial charge is 0.353 e. The number of hydrogen-bond acceptors (Lipinski definition) is 3. The van der Waals surface area contributed by atoms with Gasteiger partial charge in [-0.25, -0.2) is 0 Å². The summed E-state index contributed by atoms with van der Waals surface area (Å²) in [5.74, 6) is 0.307. The van der Waals surface area contributed by atoms with Crippen molar-refractivity contribution < 1.29 is 18.7 Å². The molecule has 0 saturated heterocycles. The maximum atomic E-state index is 11.1. The van der Waals surface area contributed by atoms with E-state index in [0.29, 0.717) is 5.88 Å². The summed E-state index contributed by atoms with van der Waals surface area (Å²) in [4.78, 5) is 9.08. The maximum Gasteiger partial charge on any atom is 0.353 e. The number of ether oxygens (including phenoxy) is 1. The van der Waals surface area contributed by atoms with Crippen molar-refractivity contribution in [2.24, 2.45) is 0 Å². The van der Waals surface area contributed by atoms with E-state index in [4.69, 9.17) is 25.8 Å². The molecule has 0 aromatic rings. The average molecular weight is 217 g/mol. The fourth-order valence-electron chi connectivity index (χ4n) is 0.594. The first-order valence-corrected chi connectivity index (χ1v) is 5.91. The Labute approximate surface area is 77.4 Å². The first-order valence-electron chi connectivity index (χ1n) is 3.62. The van der Waals surface area contributed by atoms with E-state index in [0.717, 1.165) is 0 Å². The SMILES string of the molecule is CC(C)OP(=O)(O)COCCCl. The average Bonchev–Trinajstić information content (AvgIpc) is 1.84. The largest absolute Gasteiger partial charge is 0.368 e. The van der Waals surface area contributed by atoms with Crippen LogP contribution in [0.15, 0.2) is 0 Å². The highest BCUT2D eigenvalue weighted by Crippen LogP contribution is 2.42. The highest BCUT2D eigenvalue weighted by atomic mass is 35.5. The second-order valence-electron chi connectivity index (χ2n) is 2.52. The van der Waals surface area contributed by atoms with Crippen molar-refractivity contribution in [2.45, 2.75) is 20.0 Å². The Kier molecular flexibility index (Phi) is 6.14. The Morgan fingerprint density at radius 2 is 2.17 bits per heavy atom. The second-order valence-corrected chi connectivity index (χ2v) is 4.64. The van der Waals surface area contributed by atoms with Gasteiger partial charge in [0.2, 0.25) is 0 Å². The molecule has 12 heavy (non-hydrogen) atoms. The fraction of sp³-hybridized carbons (Fsp3) is 1.00. The van der Waals surface area contributed by atoms with Gasteiger partial charge in [-0.1, -0.05) is 0 Å². The van der Waals surface area contributed by atoms with Gasteiger partial charge in [0, 0.05) is 5.88 Å². The molecule has 0 aromatic carbocycles. The first kappa shape index (κ1) is 12.4. The number of rotatable bonds is 6. The molecule has 0 aromatic heterocycles. The quantitative estimate of drug-likeness (QED) is 0.418. The van der Waals surface area contributed by atoms with Crippen LogP contribution in [0.1, 0.15) is 13.8 Å². The van der Waals surface area contributed by atoms with Gasteiger partial charge in [-0.05, 0) is 13.8 Å². The van der Waals surface area contributed by atoms with Crippen molar-refractivity contribution in [3.8, 4) is 0 Å². The summed E-state index contributed by atoms with van der Waals surface area (Å²) in [6, 6.07) is 0. The van der Waals surface area contributed by atoms with Crippen LogP contribution in [0.5, 0.6) is 0 Å². The van der Waals surface area contributed by atoms with Crippen molar-refractivity contribution in [2.75, 3.05) is 18.8 Å². The number of hydrogen-bond donors (Lipinski definition) is 1. The van der Waals surface area contributed by atoms with Crippen LogP contribution in [0.4, 0.5) is 0 Å². The topological polar surface area (TPSA) is 55.8 Å². The predicted molar refractivity (Wildman–Crippen MR) is 47.6 cm³/mol. The molecule has 0 spiro atoms. The van der Waals surface area contributed by atoms with Gasteiger partial charge in [-0.2, -0.15) is 0 Å². The van der Waals surface area contributed by atoms with Gasteiger partial charge in [0.15, 0.2) is 0 Å². The van der Waals surface area contributed by atoms with Crippen LogP contribution in [0.2, 0.25) is 0 Å². The van der Waals surface area contributed by atoms with E-state index < -0.39 is 7.60 Å². The number of halogens is 1. The van der Waals surface area contributed by atoms with Crippen LogP contribution < -0.4 is 0 Å². The lowest BCUT2D eigenvalue weighted by atomic mass is 10.5. The minimum Gasteiger partial charge on any atom is -0.368 e. The zero-order valence-corrected chi connectivity index (χ0v) is 8.85. The lowest BCUT2D eigenvalue weighted by Gasteiger charge is -2.14. The van der Waals surface area contributed by atoms with Crippen molar-refractivity contribution in [1.82, 2.24) is 0 Å². The second kappa shape index (κ2) is 5.95. The molecule has 0 amide bonds. The summed E-state index contributed by atoms with van der Waals surface area (Å²) in [5.41, 5.74) is 0. The Balaban J connectivity index is 3.64. The van der Waals surface area contributed by atoms with E-state index in [1.54, 1.807) is 13.8 Å². The minimum absolute atomic E-state index is 0.258. The van der Waals surface area contributed by atoms with Gasteiger partial charge in [-0.3, -0.25) is 4.57 Å². The van der Waals surface area contributed by atoms with Crippen LogP contribution in [-0.4, -0.2) is 29.8 Å². The lowest BCUT2D eigenvalue weighted by molar-refractivity contribution is 0.140. The van der Waals surface area contributed by atoms with Crippen LogP contribution >= 0.6 is 19.2 Å². The molecule has 0 rings (SSSR count). The summed E-state index contributed by atoms with van der Waals surface area (Å²) in [6.07, 6.45) is -0.571. The highest BCUT2D eigenvalue weighted by Gasteiger charge is 2.20. The van der Waals surface area contributed by atoms with E-state index in [1.165, 1.54) is 0 Å². The molecule has 1 atom stereocenters. The van der Waals surface area contributed by atoms with Crippen LogP contribution in [0, 0.1) is 0 Å². The third kappa shape index (κ3) is 7.07. The fourth-order valence-corrected chi connectivity index (χ4v) is 1.78. The molecule has 6 heteroatoms. The third-order valence-corrected chi connectivity index (χ3v) is 2.27. The monoisotopic (exact) mass is 216 g/mol. The highest BCUT2D eigenvalue weighted by molar-refractivity contribution is 7.52. The molecule has 74 valence electrons. The van der Waals surface area contributed by atoms with Gasteiger partial charge in [0.05, 0.1) is 12.7 Å². The molecular formula is C6H14ClO4P. The molecule has 0 aliphatic carbocycles. The lowest BCUT2D eigenvalue weighted by Crippen LogP contribution is -2.06. The molecule has 0 saturated carbocycles. The summed E-state index contributed by atoms with van der Waals surface area (Å²) in [5, 5.41) is 0. The molecule has 0 aliphatic rings. The van der Waals surface area contributed by atoms with Crippen LogP contribution in [0.3, 0.4) is 0 Å². The Hall–Kier alpha value is 0.400. The van der Waals surface area contributed by atoms with E-state index in [9.17, 15) is 4.57 Å². The molecule has 1 N–H and O–H groups in total. The number of alkyl halides is 1. The Morgan fingerprint density at radius 1 is 1.58 bits per heavy atom. The van der Waals surface area contributed by atoms with E-state index in [-0.39, 0.29) is 19.1 Å². The summed E-state index contributed by atoms with van der Waals surface area (Å²) < 4.78 is 20.6. The third-order valence-electron chi connectivity index (χ3n) is 0.851. The van der Waals surface area contributed by atoms with Gasteiger partial charge in [-0.15, -0.1) is 11.6 Å². The van der Waals surface area contributed by atoms with Crippen molar-refractivity contribution >= 4 is 19.2 Å². The molecule has 1 unspecified atom stereocenters. The van der Waals surface area contributed by atoms with Crippen LogP contribution in [-0.2, 0) is 13.8 Å². The Morgan fingerprint density at radius 3 is 2.58 bits per heavy atom. The van der Waals surface area contributed by atoms with Gasteiger partial charge in [0.25, 0.3) is 0 Å². The molecule has 0 aliphatic heterocycles. The van der Waals surface area contributed by atoms with Crippen molar-refractivity contribution in [3.63, 3.8) is 0 Å². The zero-order valence-electron chi connectivity index (χ0n) is 7.20. The van der Waals surface area contributed by atoms with E-state index in [1.807, 2.05) is 0 Å². The molecule has 0 radical (unpaired) electrons. The molecule has 0 heterocycles. The zero-order chi connectivity index (χ0) is 9.61. The summed E-state index contributed by atoms with van der Waals surface area (Å²) in [7, 11) is -3.56. The predicted octanol–water partition coefficient (Wildman–Crippen LogP) is 1.81. The summed E-state index contributed by atoms with van der Waals surface area (Å²) in [6.45, 7) is 3.63. The molecule has 0 bridgehead atoms. The molecule has 4 nitrogen and oxygen atoms in total. The standard InChI is InChI=1S/C6H14ClO4P/c1-6(2)11-12(8,9)5-10-4-3-7/h6H,3-5H2,1-2H3,(H,8,9). The Bertz CT molecular complexity index is 162. The van der Waals surface area contributed by atoms with Gasteiger partial charge in [0.1, 0.15) is 6.35 Å². The summed E-state index contributed by atoms with van der Waals surface area (Å²) >= 11 is 5.30. The molecule has 0 fully saturated rings. The molecular weight excluding hydrogens is 202 g/mol. The van der Waals surface area contributed by atoms with E-state index in [2.05, 4.69) is 0 Å². The first-order chi connectivity index (χ1) is 5.48. The maximum absolute atomic E-state index is 11.1. The van der Waals surface area contributed by atoms with E-state index >= 15 is 0 Å². The van der Waals surface area contributed by atoms with Gasteiger partial charge < -0.3 is 14.2 Å². The van der Waals surface area contributed by atoms with Gasteiger partial charge >= 0.3 is 7.60 Å². The minimum atomic E-state index is -3.56. The normalized spacial score (nSPS) is 16.4. The van der Waals surface area contributed by atoms with Crippen molar-refractivity contribution in [3.05, 3.63) is 0 Å². The van der Waals surface area contributed by atoms with Crippen LogP contribution in [0.25, 0.3) is 0 Å². The van der Waals surface area contributed by atoms with Crippen molar-refractivity contribution in [1.29, 1.82) is 0 Å².